The number of halogens is 2. The SMILES string of the molecule is COc1cc(/C=N\NC(=O)COc2ccc(Cl)cc2)ccc1OCc1ccc(Cl)cc1. The molecule has 0 radical (unpaired) electrons. The third-order valence-electron chi connectivity index (χ3n) is 4.08. The summed E-state index contributed by atoms with van der Waals surface area (Å²) >= 11 is 11.7. The zero-order valence-corrected chi connectivity index (χ0v) is 18.2. The highest BCUT2D eigenvalue weighted by molar-refractivity contribution is 6.30. The Morgan fingerprint density at radius 1 is 0.935 bits per heavy atom. The monoisotopic (exact) mass is 458 g/mol. The highest BCUT2D eigenvalue weighted by Gasteiger charge is 2.06. The summed E-state index contributed by atoms with van der Waals surface area (Å²) in [5.41, 5.74) is 4.13. The molecule has 0 aliphatic carbocycles. The number of benzene rings is 3. The van der Waals surface area contributed by atoms with E-state index >= 15 is 0 Å². The van der Waals surface area contributed by atoms with Gasteiger partial charge < -0.3 is 14.2 Å². The van der Waals surface area contributed by atoms with E-state index in [1.807, 2.05) is 24.3 Å². The number of carbonyl (C=O) groups excluding carboxylic acids is 1. The van der Waals surface area contributed by atoms with Crippen molar-refractivity contribution in [2.45, 2.75) is 6.61 Å². The van der Waals surface area contributed by atoms with Gasteiger partial charge in [-0.05, 0) is 65.7 Å². The van der Waals surface area contributed by atoms with Crippen LogP contribution in [0.4, 0.5) is 0 Å². The summed E-state index contributed by atoms with van der Waals surface area (Å²) in [5.74, 6) is 1.30. The Labute approximate surface area is 190 Å². The molecule has 3 rings (SSSR count). The maximum atomic E-state index is 11.9. The van der Waals surface area contributed by atoms with E-state index in [2.05, 4.69) is 10.5 Å². The number of rotatable bonds is 9. The largest absolute Gasteiger partial charge is 0.493 e. The van der Waals surface area contributed by atoms with Crippen molar-refractivity contribution in [1.82, 2.24) is 5.43 Å². The number of amides is 1. The maximum absolute atomic E-state index is 11.9. The van der Waals surface area contributed by atoms with Crippen LogP contribution in [0.1, 0.15) is 11.1 Å². The molecule has 3 aromatic carbocycles. The van der Waals surface area contributed by atoms with Crippen molar-refractivity contribution in [3.63, 3.8) is 0 Å². The van der Waals surface area contributed by atoms with Gasteiger partial charge in [0, 0.05) is 10.0 Å². The van der Waals surface area contributed by atoms with Crippen molar-refractivity contribution in [3.05, 3.63) is 87.9 Å². The van der Waals surface area contributed by atoms with Gasteiger partial charge in [0.05, 0.1) is 13.3 Å². The van der Waals surface area contributed by atoms with Gasteiger partial charge in [0.1, 0.15) is 12.4 Å². The van der Waals surface area contributed by atoms with Crippen LogP contribution < -0.4 is 19.6 Å². The lowest BCUT2D eigenvalue weighted by molar-refractivity contribution is -0.123. The van der Waals surface area contributed by atoms with Crippen molar-refractivity contribution in [2.75, 3.05) is 13.7 Å². The summed E-state index contributed by atoms with van der Waals surface area (Å²) in [5, 5.41) is 5.21. The van der Waals surface area contributed by atoms with Gasteiger partial charge in [-0.1, -0.05) is 35.3 Å². The number of nitrogens with zero attached hydrogens (tertiary/aromatic N) is 1. The van der Waals surface area contributed by atoms with Crippen LogP contribution in [0.15, 0.2) is 71.8 Å². The second kappa shape index (κ2) is 11.2. The van der Waals surface area contributed by atoms with E-state index in [0.29, 0.717) is 33.9 Å². The van der Waals surface area contributed by atoms with E-state index in [4.69, 9.17) is 37.4 Å². The van der Waals surface area contributed by atoms with Crippen LogP contribution in [-0.2, 0) is 11.4 Å². The average Bonchev–Trinajstić information content (AvgIpc) is 2.78. The molecule has 0 bridgehead atoms. The third-order valence-corrected chi connectivity index (χ3v) is 4.59. The maximum Gasteiger partial charge on any atom is 0.277 e. The third kappa shape index (κ3) is 7.20. The lowest BCUT2D eigenvalue weighted by Gasteiger charge is -2.11. The number of ether oxygens (including phenoxy) is 3. The minimum absolute atomic E-state index is 0.167. The second-order valence-electron chi connectivity index (χ2n) is 6.36. The Kier molecular flexibility index (Phi) is 8.15. The molecule has 3 aromatic rings. The second-order valence-corrected chi connectivity index (χ2v) is 7.23. The molecule has 0 fully saturated rings. The van der Waals surface area contributed by atoms with Gasteiger partial charge in [-0.15, -0.1) is 0 Å². The predicted molar refractivity (Wildman–Crippen MR) is 121 cm³/mol. The number of hydrogen-bond acceptors (Lipinski definition) is 5. The summed E-state index contributed by atoms with van der Waals surface area (Å²) in [6, 6.07) is 19.5. The summed E-state index contributed by atoms with van der Waals surface area (Å²) in [6.45, 7) is 0.213. The molecular formula is C23H20Cl2N2O4. The molecule has 0 saturated carbocycles. The Bertz CT molecular complexity index is 1040. The van der Waals surface area contributed by atoms with Gasteiger partial charge in [0.15, 0.2) is 18.1 Å². The van der Waals surface area contributed by atoms with Crippen LogP contribution >= 0.6 is 23.2 Å². The highest BCUT2D eigenvalue weighted by atomic mass is 35.5. The van der Waals surface area contributed by atoms with Gasteiger partial charge in [0.2, 0.25) is 0 Å². The van der Waals surface area contributed by atoms with Gasteiger partial charge in [-0.3, -0.25) is 4.79 Å². The molecule has 0 atom stereocenters. The van der Waals surface area contributed by atoms with Crippen LogP contribution in [0.3, 0.4) is 0 Å². The van der Waals surface area contributed by atoms with E-state index in [1.54, 1.807) is 49.6 Å². The number of nitrogens with one attached hydrogen (secondary N) is 1. The first-order valence-corrected chi connectivity index (χ1v) is 10.0. The van der Waals surface area contributed by atoms with E-state index in [1.165, 1.54) is 6.21 Å². The molecule has 8 heteroatoms. The standard InChI is InChI=1S/C23H20Cl2N2O4/c1-29-22-12-17(4-11-21(22)31-14-16-2-5-18(24)6-3-16)13-26-27-23(28)15-30-20-9-7-19(25)8-10-20/h2-13H,14-15H2,1H3,(H,27,28)/b26-13-. The normalized spacial score (nSPS) is 10.7. The molecule has 0 aliphatic heterocycles. The van der Waals surface area contributed by atoms with Crippen LogP contribution in [0.5, 0.6) is 17.2 Å². The van der Waals surface area contributed by atoms with Crippen molar-refractivity contribution >= 4 is 35.3 Å². The first kappa shape index (κ1) is 22.5. The van der Waals surface area contributed by atoms with Gasteiger partial charge in [-0.2, -0.15) is 5.10 Å². The highest BCUT2D eigenvalue weighted by Crippen LogP contribution is 2.28. The fraction of sp³-hybridized carbons (Fsp3) is 0.130. The quantitative estimate of drug-likeness (QED) is 0.357. The number of carbonyl (C=O) groups is 1. The average molecular weight is 459 g/mol. The summed E-state index contributed by atoms with van der Waals surface area (Å²) in [6.07, 6.45) is 1.51. The predicted octanol–water partition coefficient (Wildman–Crippen LogP) is 5.11. The molecular weight excluding hydrogens is 439 g/mol. The molecule has 0 unspecified atom stereocenters. The molecule has 31 heavy (non-hydrogen) atoms. The first-order valence-electron chi connectivity index (χ1n) is 9.29. The number of hydrazone groups is 1. The van der Waals surface area contributed by atoms with Crippen molar-refractivity contribution < 1.29 is 19.0 Å². The van der Waals surface area contributed by atoms with Crippen LogP contribution in [0.2, 0.25) is 10.0 Å². The van der Waals surface area contributed by atoms with E-state index in [0.717, 1.165) is 11.1 Å². The number of methoxy groups -OCH3 is 1. The van der Waals surface area contributed by atoms with Crippen LogP contribution in [-0.4, -0.2) is 25.8 Å². The topological polar surface area (TPSA) is 69.2 Å². The van der Waals surface area contributed by atoms with Gasteiger partial charge in [-0.25, -0.2) is 5.43 Å². The number of hydrogen-bond donors (Lipinski definition) is 1. The zero-order chi connectivity index (χ0) is 22.1. The molecule has 0 spiro atoms. The fourth-order valence-electron chi connectivity index (χ4n) is 2.52. The molecule has 0 aromatic heterocycles. The zero-order valence-electron chi connectivity index (χ0n) is 16.7. The fourth-order valence-corrected chi connectivity index (χ4v) is 2.77. The van der Waals surface area contributed by atoms with Crippen molar-refractivity contribution in [3.8, 4) is 17.2 Å². The van der Waals surface area contributed by atoms with Gasteiger partial charge in [0.25, 0.3) is 5.91 Å². The molecule has 0 aliphatic rings. The molecule has 160 valence electrons. The Balaban J connectivity index is 1.51. The van der Waals surface area contributed by atoms with Gasteiger partial charge >= 0.3 is 0 Å². The first-order chi connectivity index (χ1) is 15.0. The van der Waals surface area contributed by atoms with Crippen molar-refractivity contribution in [2.24, 2.45) is 5.10 Å². The Morgan fingerprint density at radius 3 is 2.29 bits per heavy atom. The Morgan fingerprint density at radius 2 is 1.61 bits per heavy atom. The summed E-state index contributed by atoms with van der Waals surface area (Å²) in [7, 11) is 1.56. The minimum atomic E-state index is -0.388. The minimum Gasteiger partial charge on any atom is -0.493 e. The summed E-state index contributed by atoms with van der Waals surface area (Å²) in [4.78, 5) is 11.9. The lowest BCUT2D eigenvalue weighted by Crippen LogP contribution is -2.24. The van der Waals surface area contributed by atoms with E-state index in [9.17, 15) is 4.79 Å². The summed E-state index contributed by atoms with van der Waals surface area (Å²) < 4.78 is 16.6. The Hall–Kier alpha value is -3.22. The molecule has 1 amide bonds. The van der Waals surface area contributed by atoms with E-state index in [-0.39, 0.29) is 12.5 Å². The molecule has 0 heterocycles. The lowest BCUT2D eigenvalue weighted by atomic mass is 10.2. The van der Waals surface area contributed by atoms with Crippen molar-refractivity contribution in [1.29, 1.82) is 0 Å². The smallest absolute Gasteiger partial charge is 0.277 e. The van der Waals surface area contributed by atoms with Crippen LogP contribution in [0, 0.1) is 0 Å². The van der Waals surface area contributed by atoms with Crippen LogP contribution in [0.25, 0.3) is 0 Å². The van der Waals surface area contributed by atoms with E-state index < -0.39 is 0 Å². The molecule has 6 nitrogen and oxygen atoms in total. The molecule has 1 N–H and O–H groups in total. The molecule has 0 saturated heterocycles.